The summed E-state index contributed by atoms with van der Waals surface area (Å²) in [5, 5.41) is 11.5. The van der Waals surface area contributed by atoms with E-state index >= 15 is 0 Å². The van der Waals surface area contributed by atoms with Crippen molar-refractivity contribution >= 4 is 5.84 Å². The van der Waals surface area contributed by atoms with Crippen LogP contribution in [0, 0.1) is 5.92 Å². The van der Waals surface area contributed by atoms with E-state index in [0.29, 0.717) is 5.84 Å². The molecule has 0 aromatic heterocycles. The van der Waals surface area contributed by atoms with Gasteiger partial charge in [0.15, 0.2) is 0 Å². The number of oxime groups is 1. The van der Waals surface area contributed by atoms with Crippen molar-refractivity contribution in [2.24, 2.45) is 16.8 Å². The van der Waals surface area contributed by atoms with Crippen LogP contribution in [0.25, 0.3) is 0 Å². The van der Waals surface area contributed by atoms with Crippen molar-refractivity contribution in [3.05, 3.63) is 0 Å². The van der Waals surface area contributed by atoms with E-state index in [2.05, 4.69) is 5.16 Å². The Morgan fingerprint density at radius 3 is 2.33 bits per heavy atom. The first-order chi connectivity index (χ1) is 5.63. The summed E-state index contributed by atoms with van der Waals surface area (Å²) in [6.07, 6.45) is 2.11. The summed E-state index contributed by atoms with van der Waals surface area (Å²) in [6, 6.07) is 0. The molecule has 0 bridgehead atoms. The van der Waals surface area contributed by atoms with Crippen LogP contribution in [-0.4, -0.2) is 23.3 Å². The van der Waals surface area contributed by atoms with Crippen molar-refractivity contribution in [1.29, 1.82) is 0 Å². The van der Waals surface area contributed by atoms with Crippen LogP contribution in [0.1, 0.15) is 26.7 Å². The molecule has 1 unspecified atom stereocenters. The van der Waals surface area contributed by atoms with Crippen LogP contribution in [0.5, 0.6) is 0 Å². The molecule has 70 valence electrons. The SMILES string of the molecule is C[C@@H]1CC(/C(N)=N/O)C[C@H](C)O1. The summed E-state index contributed by atoms with van der Waals surface area (Å²) in [4.78, 5) is 0. The molecule has 4 nitrogen and oxygen atoms in total. The van der Waals surface area contributed by atoms with Crippen molar-refractivity contribution < 1.29 is 9.94 Å². The fraction of sp³-hybridized carbons (Fsp3) is 0.875. The van der Waals surface area contributed by atoms with Crippen LogP contribution < -0.4 is 5.73 Å². The summed E-state index contributed by atoms with van der Waals surface area (Å²) >= 11 is 0. The smallest absolute Gasteiger partial charge is 0.142 e. The number of amidine groups is 1. The van der Waals surface area contributed by atoms with Crippen molar-refractivity contribution in [3.8, 4) is 0 Å². The first-order valence-electron chi connectivity index (χ1n) is 4.26. The fourth-order valence-corrected chi connectivity index (χ4v) is 1.73. The van der Waals surface area contributed by atoms with E-state index in [1.807, 2.05) is 13.8 Å². The molecule has 0 spiro atoms. The zero-order valence-electron chi connectivity index (χ0n) is 7.53. The van der Waals surface area contributed by atoms with Gasteiger partial charge in [0.25, 0.3) is 0 Å². The molecule has 0 saturated carbocycles. The molecule has 12 heavy (non-hydrogen) atoms. The van der Waals surface area contributed by atoms with Crippen LogP contribution in [0.3, 0.4) is 0 Å². The lowest BCUT2D eigenvalue weighted by atomic mass is 9.92. The van der Waals surface area contributed by atoms with Crippen LogP contribution in [0.4, 0.5) is 0 Å². The van der Waals surface area contributed by atoms with Gasteiger partial charge in [0.05, 0.1) is 12.2 Å². The van der Waals surface area contributed by atoms with E-state index in [4.69, 9.17) is 15.7 Å². The maximum absolute atomic E-state index is 8.48. The van der Waals surface area contributed by atoms with Crippen LogP contribution >= 0.6 is 0 Å². The normalized spacial score (nSPS) is 38.2. The van der Waals surface area contributed by atoms with Gasteiger partial charge in [-0.1, -0.05) is 5.16 Å². The van der Waals surface area contributed by atoms with Gasteiger partial charge in [-0.3, -0.25) is 0 Å². The third-order valence-electron chi connectivity index (χ3n) is 2.23. The van der Waals surface area contributed by atoms with Gasteiger partial charge in [-0.25, -0.2) is 0 Å². The van der Waals surface area contributed by atoms with Crippen LogP contribution in [-0.2, 0) is 4.74 Å². The third-order valence-corrected chi connectivity index (χ3v) is 2.23. The highest BCUT2D eigenvalue weighted by molar-refractivity contribution is 5.82. The van der Waals surface area contributed by atoms with Gasteiger partial charge in [-0.2, -0.15) is 0 Å². The molecule has 1 saturated heterocycles. The summed E-state index contributed by atoms with van der Waals surface area (Å²) in [7, 11) is 0. The molecule has 1 aliphatic heterocycles. The maximum Gasteiger partial charge on any atom is 0.142 e. The summed E-state index contributed by atoms with van der Waals surface area (Å²) in [5.74, 6) is 0.505. The van der Waals surface area contributed by atoms with Gasteiger partial charge in [-0.15, -0.1) is 0 Å². The molecule has 0 amide bonds. The fourth-order valence-electron chi connectivity index (χ4n) is 1.73. The largest absolute Gasteiger partial charge is 0.409 e. The van der Waals surface area contributed by atoms with E-state index in [0.717, 1.165) is 12.8 Å². The average molecular weight is 172 g/mol. The molecule has 0 aromatic carbocycles. The van der Waals surface area contributed by atoms with Gasteiger partial charge in [-0.05, 0) is 26.7 Å². The van der Waals surface area contributed by atoms with E-state index in [9.17, 15) is 0 Å². The molecular weight excluding hydrogens is 156 g/mol. The summed E-state index contributed by atoms with van der Waals surface area (Å²) in [6.45, 7) is 4.01. The summed E-state index contributed by atoms with van der Waals surface area (Å²) < 4.78 is 5.52. The molecule has 1 fully saturated rings. The second-order valence-electron chi connectivity index (χ2n) is 3.45. The van der Waals surface area contributed by atoms with E-state index in [-0.39, 0.29) is 18.1 Å². The minimum atomic E-state index is 0.175. The van der Waals surface area contributed by atoms with E-state index in [1.165, 1.54) is 0 Å². The van der Waals surface area contributed by atoms with Crippen molar-refractivity contribution in [2.75, 3.05) is 0 Å². The maximum atomic E-state index is 8.48. The second kappa shape index (κ2) is 3.76. The van der Waals surface area contributed by atoms with Gasteiger partial charge in [0, 0.05) is 5.92 Å². The minimum absolute atomic E-state index is 0.175. The Kier molecular flexibility index (Phi) is 2.92. The molecule has 0 aliphatic carbocycles. The lowest BCUT2D eigenvalue weighted by Gasteiger charge is -2.31. The Morgan fingerprint density at radius 2 is 1.92 bits per heavy atom. The predicted molar refractivity (Wildman–Crippen MR) is 46.1 cm³/mol. The monoisotopic (exact) mass is 172 g/mol. The molecule has 0 aromatic rings. The number of ether oxygens (including phenoxy) is 1. The summed E-state index contributed by atoms with van der Waals surface area (Å²) in [5.41, 5.74) is 5.52. The average Bonchev–Trinajstić information content (AvgIpc) is 2.01. The van der Waals surface area contributed by atoms with E-state index in [1.54, 1.807) is 0 Å². The van der Waals surface area contributed by atoms with Gasteiger partial charge in [0.2, 0.25) is 0 Å². The topological polar surface area (TPSA) is 67.8 Å². The Labute approximate surface area is 72.4 Å². The zero-order chi connectivity index (χ0) is 9.14. The number of nitrogens with two attached hydrogens (primary N) is 1. The number of hydrogen-bond donors (Lipinski definition) is 2. The van der Waals surface area contributed by atoms with Crippen LogP contribution in [0.15, 0.2) is 5.16 Å². The van der Waals surface area contributed by atoms with Crippen molar-refractivity contribution in [2.45, 2.75) is 38.9 Å². The number of rotatable bonds is 1. The Hall–Kier alpha value is -0.770. The predicted octanol–water partition coefficient (Wildman–Crippen LogP) is 0.936. The molecule has 4 heteroatoms. The quantitative estimate of drug-likeness (QED) is 0.267. The lowest BCUT2D eigenvalue weighted by Crippen LogP contribution is -2.36. The van der Waals surface area contributed by atoms with Crippen molar-refractivity contribution in [1.82, 2.24) is 0 Å². The minimum Gasteiger partial charge on any atom is -0.409 e. The molecule has 1 aliphatic rings. The molecule has 1 rings (SSSR count). The highest BCUT2D eigenvalue weighted by atomic mass is 16.5. The molecule has 3 N–H and O–H groups in total. The highest BCUT2D eigenvalue weighted by Crippen LogP contribution is 2.24. The Bertz CT molecular complexity index is 172. The molecule has 3 atom stereocenters. The van der Waals surface area contributed by atoms with Gasteiger partial charge < -0.3 is 15.7 Å². The van der Waals surface area contributed by atoms with Crippen molar-refractivity contribution in [3.63, 3.8) is 0 Å². The molecule has 0 radical (unpaired) electrons. The third kappa shape index (κ3) is 2.11. The first kappa shape index (κ1) is 9.32. The standard InChI is InChI=1S/C8H16N2O2/c1-5-3-7(8(9)10-11)4-6(2)12-5/h5-7,11H,3-4H2,1-2H3,(H2,9,10)/t5-,6+,7?. The lowest BCUT2D eigenvalue weighted by molar-refractivity contribution is -0.0408. The number of hydrogen-bond acceptors (Lipinski definition) is 3. The Balaban J connectivity index is 2.55. The Morgan fingerprint density at radius 1 is 1.42 bits per heavy atom. The van der Waals surface area contributed by atoms with Gasteiger partial charge >= 0.3 is 0 Å². The highest BCUT2D eigenvalue weighted by Gasteiger charge is 2.26. The first-order valence-corrected chi connectivity index (χ1v) is 4.26. The van der Waals surface area contributed by atoms with E-state index < -0.39 is 0 Å². The molecular formula is C8H16N2O2. The van der Waals surface area contributed by atoms with Gasteiger partial charge in [0.1, 0.15) is 5.84 Å². The zero-order valence-corrected chi connectivity index (χ0v) is 7.53. The second-order valence-corrected chi connectivity index (χ2v) is 3.45. The molecule has 1 heterocycles. The number of nitrogens with zero attached hydrogens (tertiary/aromatic N) is 1. The van der Waals surface area contributed by atoms with Crippen LogP contribution in [0.2, 0.25) is 0 Å².